The van der Waals surface area contributed by atoms with Crippen LogP contribution < -0.4 is 21.1 Å². The topological polar surface area (TPSA) is 129 Å². The van der Waals surface area contributed by atoms with E-state index < -0.39 is 16.4 Å². The molecule has 0 spiro atoms. The highest BCUT2D eigenvalue weighted by molar-refractivity contribution is 5.93. The van der Waals surface area contributed by atoms with E-state index >= 15 is 0 Å². The van der Waals surface area contributed by atoms with Crippen molar-refractivity contribution in [1.29, 1.82) is 0 Å². The summed E-state index contributed by atoms with van der Waals surface area (Å²) in [6.07, 6.45) is 0.837. The third-order valence-corrected chi connectivity index (χ3v) is 7.35. The summed E-state index contributed by atoms with van der Waals surface area (Å²) < 4.78 is 12.8. The zero-order valence-corrected chi connectivity index (χ0v) is 20.3. The van der Waals surface area contributed by atoms with Gasteiger partial charge < -0.3 is 23.8 Å². The Hall–Kier alpha value is -4.25. The summed E-state index contributed by atoms with van der Waals surface area (Å²) in [6.45, 7) is 1.09. The first kappa shape index (κ1) is 24.1. The highest BCUT2D eigenvalue weighted by Gasteiger charge is 2.37. The fourth-order valence-corrected chi connectivity index (χ4v) is 5.64. The number of quaternary nitrogens is 1. The molecular formula is C28H25N3O7. The molecule has 0 radical (unpaired) electrons. The predicted octanol–water partition coefficient (Wildman–Crippen LogP) is 2.05. The number of nitrogens with one attached hydrogen (secondary N) is 1. The average Bonchev–Trinajstić information content (AvgIpc) is 2.91. The molecule has 2 aliphatic rings. The van der Waals surface area contributed by atoms with Crippen molar-refractivity contribution in [3.05, 3.63) is 98.4 Å². The van der Waals surface area contributed by atoms with E-state index in [1.807, 2.05) is 36.4 Å². The van der Waals surface area contributed by atoms with Gasteiger partial charge in [0, 0.05) is 54.8 Å². The van der Waals surface area contributed by atoms with Gasteiger partial charge in [0.1, 0.15) is 11.3 Å². The molecule has 2 aliphatic heterocycles. The first-order valence-corrected chi connectivity index (χ1v) is 12.4. The van der Waals surface area contributed by atoms with Crippen molar-refractivity contribution in [3.63, 3.8) is 0 Å². The van der Waals surface area contributed by atoms with Crippen LogP contribution >= 0.6 is 0 Å². The van der Waals surface area contributed by atoms with E-state index in [4.69, 9.17) is 9.15 Å². The van der Waals surface area contributed by atoms with E-state index in [1.54, 1.807) is 27.7 Å². The fourth-order valence-electron chi connectivity index (χ4n) is 5.64. The lowest BCUT2D eigenvalue weighted by molar-refractivity contribution is -0.992. The van der Waals surface area contributed by atoms with Gasteiger partial charge in [0.15, 0.2) is 6.61 Å². The number of piperidine rings is 1. The van der Waals surface area contributed by atoms with Crippen molar-refractivity contribution in [2.75, 3.05) is 19.7 Å². The second kappa shape index (κ2) is 9.56. The normalized spacial score (nSPS) is 19.2. The zero-order valence-electron chi connectivity index (χ0n) is 20.3. The van der Waals surface area contributed by atoms with Gasteiger partial charge in [-0.2, -0.15) is 5.23 Å². The van der Waals surface area contributed by atoms with Crippen LogP contribution in [0.1, 0.15) is 18.0 Å². The van der Waals surface area contributed by atoms with Crippen molar-refractivity contribution in [3.8, 4) is 16.9 Å². The number of hydrogen-bond acceptors (Lipinski definition) is 7. The molecule has 4 heterocycles. The predicted molar refractivity (Wildman–Crippen MR) is 137 cm³/mol. The molecule has 1 amide bonds. The Morgan fingerprint density at radius 2 is 1.87 bits per heavy atom. The van der Waals surface area contributed by atoms with Crippen LogP contribution in [0, 0.1) is 11.1 Å². The number of benzene rings is 2. The molecular weight excluding hydrogens is 490 g/mol. The fraction of sp³-hybridized carbons (Fsp3) is 0.250. The van der Waals surface area contributed by atoms with Crippen LogP contribution in [0.5, 0.6) is 5.75 Å². The number of carbonyl (C=O) groups excluding carboxylic acids is 1. The lowest BCUT2D eigenvalue weighted by atomic mass is 9.83. The van der Waals surface area contributed by atoms with Crippen LogP contribution in [0.4, 0.5) is 5.69 Å². The van der Waals surface area contributed by atoms with Crippen molar-refractivity contribution in [2.45, 2.75) is 18.9 Å². The summed E-state index contributed by atoms with van der Waals surface area (Å²) in [4.78, 5) is 39.6. The third-order valence-electron chi connectivity index (χ3n) is 7.35. The van der Waals surface area contributed by atoms with Crippen LogP contribution in [0.15, 0.2) is 80.7 Å². The molecule has 3 atom stereocenters. The monoisotopic (exact) mass is 515 g/mol. The van der Waals surface area contributed by atoms with E-state index in [-0.39, 0.29) is 30.0 Å². The van der Waals surface area contributed by atoms with E-state index in [9.17, 15) is 24.8 Å². The molecule has 194 valence electrons. The number of amides is 1. The summed E-state index contributed by atoms with van der Waals surface area (Å²) in [5.74, 6) is 0.235. The van der Waals surface area contributed by atoms with Crippen molar-refractivity contribution < 1.29 is 24.4 Å². The van der Waals surface area contributed by atoms with Gasteiger partial charge in [-0.3, -0.25) is 9.59 Å². The smallest absolute Gasteiger partial charge is 0.336 e. The Bertz CT molecular complexity index is 1640. The minimum atomic E-state index is -1.24. The SMILES string of the molecule is O=C(COc1ccc2c(-c3ccccc3)cc(=O)oc2c1)N1CC2CC(C1)c1ccc([NH+]([O-])O)c(=O)n1C2. The maximum atomic E-state index is 13.1. The van der Waals surface area contributed by atoms with Gasteiger partial charge in [-0.15, -0.1) is 0 Å². The quantitative estimate of drug-likeness (QED) is 0.307. The van der Waals surface area contributed by atoms with E-state index in [1.165, 1.54) is 12.1 Å². The van der Waals surface area contributed by atoms with Crippen molar-refractivity contribution in [1.82, 2.24) is 9.47 Å². The molecule has 2 bridgehead atoms. The van der Waals surface area contributed by atoms with E-state index in [0.29, 0.717) is 31.0 Å². The largest absolute Gasteiger partial charge is 0.595 e. The maximum Gasteiger partial charge on any atom is 0.336 e. The molecule has 0 saturated carbocycles. The van der Waals surface area contributed by atoms with Crippen molar-refractivity contribution >= 4 is 22.6 Å². The molecule has 1 fully saturated rings. The molecule has 1 saturated heterocycles. The number of ether oxygens (including phenoxy) is 1. The maximum absolute atomic E-state index is 13.1. The van der Waals surface area contributed by atoms with Crippen LogP contribution in [-0.2, 0) is 11.3 Å². The molecule has 2 aromatic heterocycles. The number of pyridine rings is 1. The number of fused-ring (bicyclic) bond motifs is 5. The lowest BCUT2D eigenvalue weighted by Gasteiger charge is -2.42. The summed E-state index contributed by atoms with van der Waals surface area (Å²) in [5, 5.41) is 20.2. The number of carbonyl (C=O) groups is 1. The van der Waals surface area contributed by atoms with Gasteiger partial charge in [-0.1, -0.05) is 30.3 Å². The second-order valence-corrected chi connectivity index (χ2v) is 9.78. The Labute approximate surface area is 216 Å². The van der Waals surface area contributed by atoms with Gasteiger partial charge in [-0.05, 0) is 41.7 Å². The number of nitrogens with zero attached hydrogens (tertiary/aromatic N) is 2. The summed E-state index contributed by atoms with van der Waals surface area (Å²) in [7, 11) is 0. The van der Waals surface area contributed by atoms with E-state index in [0.717, 1.165) is 28.6 Å². The van der Waals surface area contributed by atoms with Gasteiger partial charge >= 0.3 is 11.2 Å². The molecule has 38 heavy (non-hydrogen) atoms. The Kier molecular flexibility index (Phi) is 6.07. The van der Waals surface area contributed by atoms with Crippen molar-refractivity contribution in [2.24, 2.45) is 5.92 Å². The van der Waals surface area contributed by atoms with Crippen LogP contribution in [-0.4, -0.2) is 40.3 Å². The Morgan fingerprint density at radius 1 is 1.05 bits per heavy atom. The highest BCUT2D eigenvalue weighted by Crippen LogP contribution is 2.35. The lowest BCUT2D eigenvalue weighted by Crippen LogP contribution is -3.00. The molecule has 2 aromatic carbocycles. The third kappa shape index (κ3) is 4.38. The first-order chi connectivity index (χ1) is 18.4. The van der Waals surface area contributed by atoms with Crippen LogP contribution in [0.25, 0.3) is 22.1 Å². The summed E-state index contributed by atoms with van der Waals surface area (Å²) in [6, 6.07) is 19.2. The minimum Gasteiger partial charge on any atom is -0.595 e. The first-order valence-electron chi connectivity index (χ1n) is 12.4. The summed E-state index contributed by atoms with van der Waals surface area (Å²) in [5.41, 5.74) is 1.58. The Morgan fingerprint density at radius 3 is 2.66 bits per heavy atom. The molecule has 3 unspecified atom stereocenters. The average molecular weight is 516 g/mol. The van der Waals surface area contributed by atoms with Gasteiger partial charge in [-0.25, -0.2) is 10.0 Å². The zero-order chi connectivity index (χ0) is 26.4. The van der Waals surface area contributed by atoms with Gasteiger partial charge in [0.05, 0.1) is 0 Å². The molecule has 10 heteroatoms. The number of aromatic nitrogens is 1. The van der Waals surface area contributed by atoms with Crippen LogP contribution in [0.2, 0.25) is 0 Å². The molecule has 10 nitrogen and oxygen atoms in total. The minimum absolute atomic E-state index is 0.0478. The molecule has 6 rings (SSSR count). The van der Waals surface area contributed by atoms with E-state index in [2.05, 4.69) is 0 Å². The second-order valence-electron chi connectivity index (χ2n) is 9.78. The number of hydrogen-bond donors (Lipinski definition) is 2. The number of rotatable bonds is 5. The van der Waals surface area contributed by atoms with Crippen LogP contribution in [0.3, 0.4) is 0 Å². The standard InChI is InChI=1S/C28H25N3O7/c32-26(29-13-17-10-19(15-29)23-8-9-24(31(35)36)28(34)30(23)14-17)16-37-20-6-7-21-22(18-4-2-1-3-5-18)12-27(33)38-25(21)11-20/h1-9,11-12,17,19,31,35H,10,13-16H2. The highest BCUT2D eigenvalue weighted by atomic mass is 16.8. The van der Waals surface area contributed by atoms with Gasteiger partial charge in [0.2, 0.25) is 5.69 Å². The Balaban J connectivity index is 1.17. The molecule has 2 N–H and O–H groups in total. The van der Waals surface area contributed by atoms with Gasteiger partial charge in [0.25, 0.3) is 5.91 Å². The summed E-state index contributed by atoms with van der Waals surface area (Å²) >= 11 is 0. The number of likely N-dealkylation sites (tertiary alicyclic amines) is 1. The molecule has 4 aromatic rings. The molecule has 0 aliphatic carbocycles.